The number of fused-ring (bicyclic) bond motifs is 1. The molecule has 4 rings (SSSR count). The van der Waals surface area contributed by atoms with Crippen LogP contribution in [-0.4, -0.2) is 81.6 Å². The number of aliphatic carboxylic acids is 2. The number of carbonyl (C=O) groups is 3. The summed E-state index contributed by atoms with van der Waals surface area (Å²) >= 11 is 1.73. The third kappa shape index (κ3) is 9.57. The van der Waals surface area contributed by atoms with Gasteiger partial charge in [-0.2, -0.15) is 37.7 Å². The Morgan fingerprint density at radius 1 is 1.11 bits per heavy atom. The first-order valence-electron chi connectivity index (χ1n) is 10.9. The molecule has 0 bridgehead atoms. The van der Waals surface area contributed by atoms with Crippen LogP contribution in [0.25, 0.3) is 0 Å². The third-order valence-electron chi connectivity index (χ3n) is 5.32. The molecule has 9 nitrogen and oxygen atoms in total. The van der Waals surface area contributed by atoms with Crippen molar-refractivity contribution in [1.29, 1.82) is 0 Å². The minimum Gasteiger partial charge on any atom is -0.475 e. The number of nitrogens with zero attached hydrogens (tertiary/aromatic N) is 2. The number of ether oxygens (including phenoxy) is 1. The molecule has 2 saturated heterocycles. The predicted molar refractivity (Wildman–Crippen MR) is 120 cm³/mol. The maximum absolute atomic E-state index is 12.5. The number of hydrogen-bond acceptors (Lipinski definition) is 7. The molecule has 3 N–H and O–H groups in total. The second-order valence-corrected chi connectivity index (χ2v) is 8.81. The highest BCUT2D eigenvalue weighted by Gasteiger charge is 2.44. The van der Waals surface area contributed by atoms with Crippen LogP contribution in [0.4, 0.5) is 26.3 Å². The number of hydrogen-bond donors (Lipinski definition) is 3. The fourth-order valence-electron chi connectivity index (χ4n) is 3.73. The van der Waals surface area contributed by atoms with Gasteiger partial charge in [0.2, 0.25) is 0 Å². The van der Waals surface area contributed by atoms with Gasteiger partial charge in [0.15, 0.2) is 0 Å². The monoisotopic (exact) mass is 571 g/mol. The molecule has 2 aromatic heterocycles. The molecular formula is C22H23F6N3O6S. The molecule has 4 heterocycles. The topological polar surface area (TPSA) is 129 Å². The maximum Gasteiger partial charge on any atom is 0.490 e. The first kappa shape index (κ1) is 31.0. The van der Waals surface area contributed by atoms with E-state index in [0.29, 0.717) is 11.6 Å². The summed E-state index contributed by atoms with van der Waals surface area (Å²) in [5.74, 6) is -5.58. The Hall–Kier alpha value is -3.24. The van der Waals surface area contributed by atoms with Crippen LogP contribution in [0.2, 0.25) is 0 Å². The molecule has 0 spiro atoms. The summed E-state index contributed by atoms with van der Waals surface area (Å²) in [5, 5.41) is 21.7. The van der Waals surface area contributed by atoms with E-state index < -0.39 is 24.3 Å². The number of alkyl halides is 6. The van der Waals surface area contributed by atoms with Crippen LogP contribution in [-0.2, 0) is 20.9 Å². The second kappa shape index (κ2) is 13.5. The lowest BCUT2D eigenvalue weighted by Crippen LogP contribution is -2.47. The van der Waals surface area contributed by atoms with Crippen LogP contribution in [0.15, 0.2) is 41.4 Å². The summed E-state index contributed by atoms with van der Waals surface area (Å²) in [7, 11) is 0. The van der Waals surface area contributed by atoms with Crippen LogP contribution >= 0.6 is 11.3 Å². The number of aromatic nitrogens is 1. The number of nitrogens with one attached hydrogen (secondary N) is 1. The Bertz CT molecular complexity index is 1030. The van der Waals surface area contributed by atoms with Gasteiger partial charge in [-0.15, -0.1) is 0 Å². The van der Waals surface area contributed by atoms with Gasteiger partial charge >= 0.3 is 24.3 Å². The molecule has 2 aliphatic rings. The zero-order chi connectivity index (χ0) is 28.5. The number of thiophene rings is 1. The van der Waals surface area contributed by atoms with Crippen molar-refractivity contribution in [3.8, 4) is 0 Å². The summed E-state index contributed by atoms with van der Waals surface area (Å²) in [6, 6.07) is 6.16. The van der Waals surface area contributed by atoms with E-state index in [9.17, 15) is 31.1 Å². The van der Waals surface area contributed by atoms with E-state index in [4.69, 9.17) is 24.5 Å². The number of amides is 1. The summed E-state index contributed by atoms with van der Waals surface area (Å²) in [4.78, 5) is 36.8. The zero-order valence-electron chi connectivity index (χ0n) is 19.4. The minimum absolute atomic E-state index is 0.0293. The molecule has 0 radical (unpaired) electrons. The number of carboxylic acids is 2. The molecule has 0 saturated carbocycles. The molecule has 2 aliphatic heterocycles. The fraction of sp³-hybridized carbons (Fsp3) is 0.455. The highest BCUT2D eigenvalue weighted by Crippen LogP contribution is 2.30. The Balaban J connectivity index is 0.000000301. The third-order valence-corrected chi connectivity index (χ3v) is 6.05. The molecule has 210 valence electrons. The molecule has 2 aromatic rings. The maximum atomic E-state index is 12.5. The molecule has 0 aromatic carbocycles. The van der Waals surface area contributed by atoms with E-state index in [1.807, 2.05) is 0 Å². The van der Waals surface area contributed by atoms with Crippen molar-refractivity contribution >= 4 is 29.2 Å². The molecule has 2 fully saturated rings. The quantitative estimate of drug-likeness (QED) is 0.476. The van der Waals surface area contributed by atoms with Crippen LogP contribution in [0, 0.1) is 0 Å². The lowest BCUT2D eigenvalue weighted by Gasteiger charge is -2.32. The van der Waals surface area contributed by atoms with Crippen molar-refractivity contribution in [2.24, 2.45) is 0 Å². The van der Waals surface area contributed by atoms with Gasteiger partial charge < -0.3 is 20.3 Å². The minimum atomic E-state index is -5.08. The number of rotatable bonds is 4. The lowest BCUT2D eigenvalue weighted by atomic mass is 10.0. The van der Waals surface area contributed by atoms with Crippen LogP contribution in [0.3, 0.4) is 0 Å². The van der Waals surface area contributed by atoms with Gasteiger partial charge in [-0.25, -0.2) is 9.59 Å². The average molecular weight is 571 g/mol. The van der Waals surface area contributed by atoms with Gasteiger partial charge in [0.1, 0.15) is 0 Å². The Morgan fingerprint density at radius 2 is 1.74 bits per heavy atom. The number of halogens is 6. The number of carboxylic acid groups (broad SMARTS) is 2. The van der Waals surface area contributed by atoms with Gasteiger partial charge in [0, 0.05) is 38.1 Å². The molecule has 0 unspecified atom stereocenters. The first-order chi connectivity index (χ1) is 17.7. The van der Waals surface area contributed by atoms with E-state index >= 15 is 0 Å². The predicted octanol–water partition coefficient (Wildman–Crippen LogP) is 3.57. The molecule has 3 atom stereocenters. The first-order valence-corrected chi connectivity index (χ1v) is 11.8. The van der Waals surface area contributed by atoms with Gasteiger partial charge in [-0.3, -0.25) is 14.7 Å². The number of likely N-dealkylation sites (tertiary alicyclic amines) is 1. The largest absolute Gasteiger partial charge is 0.490 e. The highest BCUT2D eigenvalue weighted by atomic mass is 32.1. The van der Waals surface area contributed by atoms with E-state index in [1.165, 1.54) is 5.56 Å². The summed E-state index contributed by atoms with van der Waals surface area (Å²) in [6.07, 6.45) is -4.58. The Kier molecular flexibility index (Phi) is 11.0. The van der Waals surface area contributed by atoms with Crippen molar-refractivity contribution in [1.82, 2.24) is 15.2 Å². The molecule has 38 heavy (non-hydrogen) atoms. The Morgan fingerprint density at radius 3 is 2.24 bits per heavy atom. The van der Waals surface area contributed by atoms with Gasteiger partial charge in [-0.1, -0.05) is 0 Å². The van der Waals surface area contributed by atoms with Crippen molar-refractivity contribution in [2.75, 3.05) is 13.2 Å². The van der Waals surface area contributed by atoms with Crippen LogP contribution in [0.5, 0.6) is 0 Å². The van der Waals surface area contributed by atoms with Gasteiger partial charge in [-0.05, 0) is 47.4 Å². The van der Waals surface area contributed by atoms with E-state index in [0.717, 1.165) is 32.5 Å². The van der Waals surface area contributed by atoms with Crippen molar-refractivity contribution < 1.29 is 55.7 Å². The molecule has 1 amide bonds. The molecule has 16 heteroatoms. The fourth-order valence-corrected chi connectivity index (χ4v) is 4.39. The second-order valence-electron chi connectivity index (χ2n) is 8.03. The smallest absolute Gasteiger partial charge is 0.475 e. The van der Waals surface area contributed by atoms with Crippen molar-refractivity contribution in [3.05, 3.63) is 52.5 Å². The van der Waals surface area contributed by atoms with Crippen LogP contribution < -0.4 is 5.32 Å². The number of pyridine rings is 1. The van der Waals surface area contributed by atoms with Gasteiger partial charge in [0.05, 0.1) is 17.7 Å². The summed E-state index contributed by atoms with van der Waals surface area (Å²) < 4.78 is 69.5. The van der Waals surface area contributed by atoms with Gasteiger partial charge in [0.25, 0.3) is 5.91 Å². The average Bonchev–Trinajstić information content (AvgIpc) is 3.48. The summed E-state index contributed by atoms with van der Waals surface area (Å²) in [6.45, 7) is 2.54. The van der Waals surface area contributed by atoms with E-state index in [-0.39, 0.29) is 18.1 Å². The molecular weight excluding hydrogens is 548 g/mol. The van der Waals surface area contributed by atoms with E-state index in [1.54, 1.807) is 35.9 Å². The van der Waals surface area contributed by atoms with E-state index in [2.05, 4.69) is 32.0 Å². The van der Waals surface area contributed by atoms with Crippen molar-refractivity contribution in [2.45, 2.75) is 49.9 Å². The van der Waals surface area contributed by atoms with Crippen molar-refractivity contribution in [3.63, 3.8) is 0 Å². The summed E-state index contributed by atoms with van der Waals surface area (Å²) in [5.41, 5.74) is 1.93. The van der Waals surface area contributed by atoms with Crippen LogP contribution in [0.1, 0.15) is 28.8 Å². The molecule has 0 aliphatic carbocycles. The lowest BCUT2D eigenvalue weighted by molar-refractivity contribution is -0.193. The zero-order valence-corrected chi connectivity index (χ0v) is 20.2. The SMILES string of the molecule is O=C(N[C@H]1CN(Cc2ccsc2)[C@H]2CCCO[C@@H]12)c1cccnc1.O=C(O)C(F)(F)F.O=C(O)C(F)(F)F. The highest BCUT2D eigenvalue weighted by molar-refractivity contribution is 7.07. The normalized spacial score (nSPS) is 21.2. The number of carbonyl (C=O) groups excluding carboxylic acids is 1. The standard InChI is InChI=1S/C18H21N3O2S.2C2HF3O2/c22-18(14-3-1-6-19-9-14)20-15-11-21(10-13-5-8-24-12-13)16-4-2-7-23-17(15)16;2*3-2(4,5)1(6)7/h1,3,5-6,8-9,12,15-17H,2,4,7,10-11H2,(H,20,22);2*(H,6,7)/t15-,16-,17-;;/m0../s1. The Labute approximate surface area is 216 Å².